The molecule has 134 valence electrons. The van der Waals surface area contributed by atoms with Crippen LogP contribution in [-0.2, 0) is 26.6 Å². The Morgan fingerprint density at radius 3 is 2.85 bits per heavy atom. The zero-order valence-electron chi connectivity index (χ0n) is 15.3. The van der Waals surface area contributed by atoms with Gasteiger partial charge in [-0.15, -0.1) is 0 Å². The van der Waals surface area contributed by atoms with Crippen LogP contribution < -0.4 is 5.56 Å². The van der Waals surface area contributed by atoms with E-state index in [1.54, 1.807) is 12.4 Å². The molecule has 4 rings (SSSR count). The summed E-state index contributed by atoms with van der Waals surface area (Å²) >= 11 is 0. The summed E-state index contributed by atoms with van der Waals surface area (Å²) in [6.07, 6.45) is 4.19. The summed E-state index contributed by atoms with van der Waals surface area (Å²) in [7, 11) is 1.96. The molecule has 0 spiro atoms. The largest absolute Gasteiger partial charge is 0.306 e. The molecular formula is C19H22N6O. The van der Waals surface area contributed by atoms with Gasteiger partial charge >= 0.3 is 0 Å². The molecule has 0 aromatic carbocycles. The van der Waals surface area contributed by atoms with E-state index in [2.05, 4.69) is 31.9 Å². The summed E-state index contributed by atoms with van der Waals surface area (Å²) < 4.78 is 1.91. The predicted molar refractivity (Wildman–Crippen MR) is 98.6 cm³/mol. The summed E-state index contributed by atoms with van der Waals surface area (Å²) in [5.74, 6) is 0.592. The highest BCUT2D eigenvalue weighted by atomic mass is 16.1. The molecule has 4 heterocycles. The number of hydrogen-bond donors (Lipinski definition) is 1. The van der Waals surface area contributed by atoms with Gasteiger partial charge in [-0.1, -0.05) is 0 Å². The number of nitrogens with one attached hydrogen (secondary N) is 1. The molecule has 1 aliphatic rings. The van der Waals surface area contributed by atoms with Gasteiger partial charge in [0.1, 0.15) is 5.82 Å². The Bertz CT molecular complexity index is 1000. The van der Waals surface area contributed by atoms with E-state index in [-0.39, 0.29) is 5.56 Å². The maximum atomic E-state index is 12.6. The summed E-state index contributed by atoms with van der Waals surface area (Å²) in [5.41, 5.74) is 5.90. The Balaban J connectivity index is 1.60. The number of H-pyrrole nitrogens is 1. The highest BCUT2D eigenvalue weighted by molar-refractivity contribution is 5.53. The number of fused-ring (bicyclic) bond motifs is 1. The second kappa shape index (κ2) is 6.49. The smallest absolute Gasteiger partial charge is 0.255 e. The lowest BCUT2D eigenvalue weighted by Gasteiger charge is -2.27. The van der Waals surface area contributed by atoms with Gasteiger partial charge in [0.15, 0.2) is 0 Å². The summed E-state index contributed by atoms with van der Waals surface area (Å²) in [5, 5.41) is 4.49. The van der Waals surface area contributed by atoms with Crippen LogP contribution in [-0.4, -0.2) is 36.2 Å². The van der Waals surface area contributed by atoms with Gasteiger partial charge in [-0.3, -0.25) is 19.4 Å². The Kier molecular flexibility index (Phi) is 4.16. The minimum Gasteiger partial charge on any atom is -0.306 e. The van der Waals surface area contributed by atoms with E-state index in [1.807, 2.05) is 30.8 Å². The fourth-order valence-corrected chi connectivity index (χ4v) is 3.53. The van der Waals surface area contributed by atoms with Crippen LogP contribution in [0.15, 0.2) is 29.3 Å². The Hall–Kier alpha value is -2.80. The first kappa shape index (κ1) is 16.7. The van der Waals surface area contributed by atoms with Crippen LogP contribution in [0.1, 0.15) is 28.2 Å². The third kappa shape index (κ3) is 2.94. The maximum absolute atomic E-state index is 12.6. The second-order valence-electron chi connectivity index (χ2n) is 6.82. The molecule has 0 amide bonds. The van der Waals surface area contributed by atoms with Crippen molar-refractivity contribution in [2.24, 2.45) is 7.05 Å². The fourth-order valence-electron chi connectivity index (χ4n) is 3.53. The summed E-state index contributed by atoms with van der Waals surface area (Å²) in [6.45, 7) is 6.41. The monoisotopic (exact) mass is 350 g/mol. The van der Waals surface area contributed by atoms with E-state index >= 15 is 0 Å². The minimum atomic E-state index is -0.0572. The molecule has 0 atom stereocenters. The average molecular weight is 350 g/mol. The standard InChI is InChI=1S/C19H22N6O/c1-12-15(13(2)24(3)23-12)10-25-8-6-17-16(11-25)19(26)22-18(21-17)14-5-4-7-20-9-14/h4-5,7,9H,6,8,10-11H2,1-3H3,(H,21,22,26). The van der Waals surface area contributed by atoms with E-state index in [0.29, 0.717) is 12.4 Å². The van der Waals surface area contributed by atoms with Crippen LogP contribution in [0.2, 0.25) is 0 Å². The van der Waals surface area contributed by atoms with E-state index in [0.717, 1.165) is 42.0 Å². The number of rotatable bonds is 3. The van der Waals surface area contributed by atoms with Gasteiger partial charge in [0.05, 0.1) is 17.0 Å². The van der Waals surface area contributed by atoms with Gasteiger partial charge < -0.3 is 4.98 Å². The fraction of sp³-hybridized carbons (Fsp3) is 0.368. The number of nitrogens with zero attached hydrogens (tertiary/aromatic N) is 5. The van der Waals surface area contributed by atoms with E-state index in [4.69, 9.17) is 0 Å². The number of hydrogen-bond acceptors (Lipinski definition) is 5. The first-order valence-corrected chi connectivity index (χ1v) is 8.77. The average Bonchev–Trinajstić information content (AvgIpc) is 2.89. The van der Waals surface area contributed by atoms with Crippen LogP contribution in [0.4, 0.5) is 0 Å². The van der Waals surface area contributed by atoms with Crippen LogP contribution in [0, 0.1) is 13.8 Å². The van der Waals surface area contributed by atoms with Crippen LogP contribution in [0.25, 0.3) is 11.4 Å². The molecule has 0 saturated carbocycles. The lowest BCUT2D eigenvalue weighted by atomic mass is 10.0. The van der Waals surface area contributed by atoms with E-state index in [1.165, 1.54) is 11.3 Å². The molecule has 0 fully saturated rings. The van der Waals surface area contributed by atoms with Crippen molar-refractivity contribution in [1.82, 2.24) is 29.6 Å². The molecule has 7 heteroatoms. The molecular weight excluding hydrogens is 328 g/mol. The lowest BCUT2D eigenvalue weighted by Crippen LogP contribution is -2.35. The number of aromatic amines is 1. The molecule has 0 bridgehead atoms. The third-order valence-corrected chi connectivity index (χ3v) is 5.12. The molecule has 0 unspecified atom stereocenters. The van der Waals surface area contributed by atoms with Crippen molar-refractivity contribution in [3.05, 3.63) is 63.1 Å². The molecule has 0 aliphatic carbocycles. The summed E-state index contributed by atoms with van der Waals surface area (Å²) in [6, 6.07) is 3.75. The minimum absolute atomic E-state index is 0.0572. The Labute approximate surface area is 151 Å². The van der Waals surface area contributed by atoms with Gasteiger partial charge in [0, 0.05) is 62.3 Å². The van der Waals surface area contributed by atoms with Gasteiger partial charge in [0.25, 0.3) is 5.56 Å². The molecule has 1 aliphatic heterocycles. The highest BCUT2D eigenvalue weighted by Crippen LogP contribution is 2.21. The molecule has 0 radical (unpaired) electrons. The maximum Gasteiger partial charge on any atom is 0.255 e. The lowest BCUT2D eigenvalue weighted by molar-refractivity contribution is 0.241. The molecule has 26 heavy (non-hydrogen) atoms. The van der Waals surface area contributed by atoms with Gasteiger partial charge in [0.2, 0.25) is 0 Å². The SMILES string of the molecule is Cc1nn(C)c(C)c1CN1CCc2nc(-c3cccnc3)[nH]c(=O)c2C1. The molecule has 0 saturated heterocycles. The normalized spacial score (nSPS) is 14.4. The highest BCUT2D eigenvalue weighted by Gasteiger charge is 2.23. The van der Waals surface area contributed by atoms with E-state index < -0.39 is 0 Å². The quantitative estimate of drug-likeness (QED) is 0.778. The zero-order chi connectivity index (χ0) is 18.3. The first-order valence-electron chi connectivity index (χ1n) is 8.77. The van der Waals surface area contributed by atoms with Crippen molar-refractivity contribution in [2.45, 2.75) is 33.4 Å². The van der Waals surface area contributed by atoms with Crippen molar-refractivity contribution < 1.29 is 0 Å². The van der Waals surface area contributed by atoms with Crippen molar-refractivity contribution in [3.8, 4) is 11.4 Å². The summed E-state index contributed by atoms with van der Waals surface area (Å²) in [4.78, 5) is 26.6. The topological polar surface area (TPSA) is 79.7 Å². The van der Waals surface area contributed by atoms with Crippen LogP contribution in [0.3, 0.4) is 0 Å². The predicted octanol–water partition coefficient (Wildman–Crippen LogP) is 1.74. The van der Waals surface area contributed by atoms with Crippen LogP contribution in [0.5, 0.6) is 0 Å². The van der Waals surface area contributed by atoms with E-state index in [9.17, 15) is 4.79 Å². The van der Waals surface area contributed by atoms with Crippen molar-refractivity contribution >= 4 is 0 Å². The van der Waals surface area contributed by atoms with Crippen molar-refractivity contribution in [2.75, 3.05) is 6.54 Å². The first-order chi connectivity index (χ1) is 12.5. The second-order valence-corrected chi connectivity index (χ2v) is 6.82. The Morgan fingerprint density at radius 2 is 2.15 bits per heavy atom. The number of aryl methyl sites for hydroxylation is 2. The molecule has 1 N–H and O–H groups in total. The number of pyridine rings is 1. The Morgan fingerprint density at radius 1 is 1.31 bits per heavy atom. The number of aromatic nitrogens is 5. The molecule has 3 aromatic heterocycles. The van der Waals surface area contributed by atoms with Crippen molar-refractivity contribution in [1.29, 1.82) is 0 Å². The van der Waals surface area contributed by atoms with Gasteiger partial charge in [-0.2, -0.15) is 5.10 Å². The van der Waals surface area contributed by atoms with Crippen molar-refractivity contribution in [3.63, 3.8) is 0 Å². The third-order valence-electron chi connectivity index (χ3n) is 5.12. The molecule has 7 nitrogen and oxygen atoms in total. The van der Waals surface area contributed by atoms with Crippen LogP contribution >= 0.6 is 0 Å². The zero-order valence-corrected chi connectivity index (χ0v) is 15.3. The van der Waals surface area contributed by atoms with Gasteiger partial charge in [-0.25, -0.2) is 4.98 Å². The van der Waals surface area contributed by atoms with Gasteiger partial charge in [-0.05, 0) is 26.0 Å². The molecule has 3 aromatic rings.